The van der Waals surface area contributed by atoms with E-state index < -0.39 is 0 Å². The molecule has 1 N–H and O–H groups in total. The van der Waals surface area contributed by atoms with Gasteiger partial charge in [0.2, 0.25) is 5.91 Å². The largest absolute Gasteiger partial charge is 0.489 e. The van der Waals surface area contributed by atoms with E-state index in [4.69, 9.17) is 16.3 Å². The van der Waals surface area contributed by atoms with Gasteiger partial charge in [-0.1, -0.05) is 37.1 Å². The fraction of sp³-hybridized carbons (Fsp3) is 0.300. The number of hydrazone groups is 1. The van der Waals surface area contributed by atoms with Crippen LogP contribution in [-0.2, 0) is 11.4 Å². The molecule has 132 valence electrons. The van der Waals surface area contributed by atoms with E-state index in [0.717, 1.165) is 35.4 Å². The smallest absolute Gasteiger partial charge is 0.240 e. The number of hydrogen-bond donors (Lipinski definition) is 1. The van der Waals surface area contributed by atoms with Crippen LogP contribution in [0.3, 0.4) is 0 Å². The SMILES string of the molecule is CCCCC(=O)N/N=C(/C)c1ccc(OCc2ccc(Cl)cc2)cc1. The van der Waals surface area contributed by atoms with E-state index in [1.54, 1.807) is 0 Å². The minimum Gasteiger partial charge on any atom is -0.489 e. The van der Waals surface area contributed by atoms with Crippen molar-refractivity contribution in [3.8, 4) is 5.75 Å². The van der Waals surface area contributed by atoms with Crippen molar-refractivity contribution in [3.05, 3.63) is 64.7 Å². The van der Waals surface area contributed by atoms with Gasteiger partial charge in [-0.3, -0.25) is 4.79 Å². The maximum absolute atomic E-state index is 11.6. The number of ether oxygens (including phenoxy) is 1. The van der Waals surface area contributed by atoms with Crippen molar-refractivity contribution >= 4 is 23.2 Å². The highest BCUT2D eigenvalue weighted by molar-refractivity contribution is 6.30. The van der Waals surface area contributed by atoms with Crippen LogP contribution in [0.1, 0.15) is 44.2 Å². The summed E-state index contributed by atoms with van der Waals surface area (Å²) < 4.78 is 5.76. The normalized spacial score (nSPS) is 11.2. The van der Waals surface area contributed by atoms with E-state index in [0.29, 0.717) is 18.1 Å². The molecule has 0 bridgehead atoms. The lowest BCUT2D eigenvalue weighted by Gasteiger charge is -2.08. The Balaban J connectivity index is 1.87. The second-order valence-electron chi connectivity index (χ2n) is 5.78. The summed E-state index contributed by atoms with van der Waals surface area (Å²) in [5.74, 6) is 0.725. The molecule has 0 fully saturated rings. The number of nitrogens with zero attached hydrogens (tertiary/aromatic N) is 1. The molecule has 1 amide bonds. The fourth-order valence-corrected chi connectivity index (χ4v) is 2.27. The number of benzene rings is 2. The Morgan fingerprint density at radius 1 is 1.12 bits per heavy atom. The first-order chi connectivity index (χ1) is 12.1. The molecule has 0 saturated carbocycles. The van der Waals surface area contributed by atoms with Crippen molar-refractivity contribution < 1.29 is 9.53 Å². The summed E-state index contributed by atoms with van der Waals surface area (Å²) in [7, 11) is 0. The van der Waals surface area contributed by atoms with Gasteiger partial charge in [0.1, 0.15) is 12.4 Å². The van der Waals surface area contributed by atoms with Crippen LogP contribution in [0, 0.1) is 0 Å². The van der Waals surface area contributed by atoms with Crippen LogP contribution in [0.25, 0.3) is 0 Å². The molecule has 0 aromatic heterocycles. The summed E-state index contributed by atoms with van der Waals surface area (Å²) in [6.45, 7) is 4.40. The Morgan fingerprint density at radius 3 is 2.44 bits per heavy atom. The van der Waals surface area contributed by atoms with Crippen molar-refractivity contribution in [2.75, 3.05) is 0 Å². The van der Waals surface area contributed by atoms with E-state index in [9.17, 15) is 4.79 Å². The molecule has 0 aliphatic rings. The van der Waals surface area contributed by atoms with E-state index in [1.807, 2.05) is 55.5 Å². The highest BCUT2D eigenvalue weighted by atomic mass is 35.5. The molecule has 0 radical (unpaired) electrons. The van der Waals surface area contributed by atoms with Crippen LogP contribution < -0.4 is 10.2 Å². The lowest BCUT2D eigenvalue weighted by molar-refractivity contribution is -0.121. The standard InChI is InChI=1S/C20H23ClN2O2/c1-3-4-5-20(24)23-22-15(2)17-8-12-19(13-9-17)25-14-16-6-10-18(21)11-7-16/h6-13H,3-5,14H2,1-2H3,(H,23,24)/b22-15-. The fourth-order valence-electron chi connectivity index (χ4n) is 2.14. The molecule has 0 aliphatic carbocycles. The van der Waals surface area contributed by atoms with Crippen LogP contribution in [-0.4, -0.2) is 11.6 Å². The van der Waals surface area contributed by atoms with Crippen LogP contribution in [0.2, 0.25) is 5.02 Å². The molecule has 0 unspecified atom stereocenters. The molecule has 25 heavy (non-hydrogen) atoms. The summed E-state index contributed by atoms with van der Waals surface area (Å²) in [5.41, 5.74) is 5.34. The third-order valence-corrected chi connectivity index (χ3v) is 3.95. The first-order valence-electron chi connectivity index (χ1n) is 8.39. The maximum Gasteiger partial charge on any atom is 0.240 e. The van der Waals surface area contributed by atoms with Crippen LogP contribution >= 0.6 is 11.6 Å². The van der Waals surface area contributed by atoms with Crippen molar-refractivity contribution in [1.29, 1.82) is 0 Å². The van der Waals surface area contributed by atoms with Crippen LogP contribution in [0.4, 0.5) is 0 Å². The average Bonchev–Trinajstić information content (AvgIpc) is 2.64. The summed E-state index contributed by atoms with van der Waals surface area (Å²) >= 11 is 5.87. The van der Waals surface area contributed by atoms with Gasteiger partial charge in [-0.15, -0.1) is 0 Å². The van der Waals surface area contributed by atoms with Crippen molar-refractivity contribution in [1.82, 2.24) is 5.43 Å². The monoisotopic (exact) mass is 358 g/mol. The summed E-state index contributed by atoms with van der Waals surface area (Å²) in [6.07, 6.45) is 2.37. The molecule has 0 spiro atoms. The maximum atomic E-state index is 11.6. The molecular weight excluding hydrogens is 336 g/mol. The van der Waals surface area contributed by atoms with E-state index in [1.165, 1.54) is 0 Å². The van der Waals surface area contributed by atoms with Gasteiger partial charge in [0, 0.05) is 11.4 Å². The minimum atomic E-state index is -0.0517. The highest BCUT2D eigenvalue weighted by Gasteiger charge is 2.02. The number of carbonyl (C=O) groups is 1. The van der Waals surface area contributed by atoms with Gasteiger partial charge in [-0.25, -0.2) is 5.43 Å². The van der Waals surface area contributed by atoms with Crippen LogP contribution in [0.15, 0.2) is 53.6 Å². The summed E-state index contributed by atoms with van der Waals surface area (Å²) in [5, 5.41) is 4.86. The highest BCUT2D eigenvalue weighted by Crippen LogP contribution is 2.16. The van der Waals surface area contributed by atoms with Gasteiger partial charge in [0.15, 0.2) is 0 Å². The molecule has 0 atom stereocenters. The first kappa shape index (κ1) is 19.0. The summed E-state index contributed by atoms with van der Waals surface area (Å²) in [6, 6.07) is 15.2. The van der Waals surface area contributed by atoms with Crippen molar-refractivity contribution in [2.45, 2.75) is 39.7 Å². The zero-order valence-corrected chi connectivity index (χ0v) is 15.3. The van der Waals surface area contributed by atoms with Gasteiger partial charge >= 0.3 is 0 Å². The van der Waals surface area contributed by atoms with E-state index in [-0.39, 0.29) is 5.91 Å². The lowest BCUT2D eigenvalue weighted by Crippen LogP contribution is -2.18. The Hall–Kier alpha value is -2.33. The second kappa shape index (κ2) is 9.84. The molecule has 2 aromatic carbocycles. The predicted octanol–water partition coefficient (Wildman–Crippen LogP) is 4.95. The lowest BCUT2D eigenvalue weighted by atomic mass is 10.1. The van der Waals surface area contributed by atoms with E-state index in [2.05, 4.69) is 17.5 Å². The topological polar surface area (TPSA) is 50.7 Å². The zero-order chi connectivity index (χ0) is 18.1. The molecule has 0 saturated heterocycles. The second-order valence-corrected chi connectivity index (χ2v) is 6.21. The quantitative estimate of drug-likeness (QED) is 0.536. The van der Waals surface area contributed by atoms with Gasteiger partial charge in [0.05, 0.1) is 5.71 Å². The van der Waals surface area contributed by atoms with Gasteiger partial charge < -0.3 is 4.74 Å². The zero-order valence-electron chi connectivity index (χ0n) is 14.6. The number of amides is 1. The molecule has 4 nitrogen and oxygen atoms in total. The molecule has 0 heterocycles. The third kappa shape index (κ3) is 6.59. The molecule has 2 rings (SSSR count). The molecule has 0 aliphatic heterocycles. The molecule has 2 aromatic rings. The Morgan fingerprint density at radius 2 is 1.80 bits per heavy atom. The van der Waals surface area contributed by atoms with Crippen molar-refractivity contribution in [2.24, 2.45) is 5.10 Å². The van der Waals surface area contributed by atoms with Gasteiger partial charge in [0.25, 0.3) is 0 Å². The Bertz CT molecular complexity index is 709. The predicted molar refractivity (Wildman–Crippen MR) is 102 cm³/mol. The van der Waals surface area contributed by atoms with E-state index >= 15 is 0 Å². The first-order valence-corrected chi connectivity index (χ1v) is 8.77. The number of hydrogen-bond acceptors (Lipinski definition) is 3. The Labute approximate surface area is 153 Å². The van der Waals surface area contributed by atoms with Crippen molar-refractivity contribution in [3.63, 3.8) is 0 Å². The summed E-state index contributed by atoms with van der Waals surface area (Å²) in [4.78, 5) is 11.6. The average molecular weight is 359 g/mol. The number of unbranched alkanes of at least 4 members (excludes halogenated alkanes) is 1. The Kier molecular flexibility index (Phi) is 7.48. The minimum absolute atomic E-state index is 0.0517. The van der Waals surface area contributed by atoms with Gasteiger partial charge in [-0.2, -0.15) is 5.10 Å². The number of rotatable bonds is 8. The number of nitrogens with one attached hydrogen (secondary N) is 1. The molecular formula is C20H23ClN2O2. The van der Waals surface area contributed by atoms with Gasteiger partial charge in [-0.05, 0) is 60.9 Å². The molecule has 5 heteroatoms. The third-order valence-electron chi connectivity index (χ3n) is 3.70. The van der Waals surface area contributed by atoms with Crippen LogP contribution in [0.5, 0.6) is 5.75 Å². The number of carbonyl (C=O) groups excluding carboxylic acids is 1. The number of halogens is 1.